The topological polar surface area (TPSA) is 116 Å². The van der Waals surface area contributed by atoms with Crippen molar-refractivity contribution < 1.29 is 34.7 Å². The van der Waals surface area contributed by atoms with Crippen molar-refractivity contribution in [2.45, 2.75) is 141 Å². The summed E-state index contributed by atoms with van der Waals surface area (Å²) in [6.45, 7) is 3.80. The highest BCUT2D eigenvalue weighted by Crippen LogP contribution is 2.23. The van der Waals surface area contributed by atoms with Crippen molar-refractivity contribution in [3.63, 3.8) is 0 Å². The number of aliphatic hydroxyl groups is 3. The molecule has 0 aromatic rings. The summed E-state index contributed by atoms with van der Waals surface area (Å²) in [5, 5.41) is 37.8. The molecule has 0 saturated carbocycles. The van der Waals surface area contributed by atoms with Crippen LogP contribution in [0.1, 0.15) is 104 Å². The monoisotopic (exact) mass is 432 g/mol. The molecule has 0 aromatic carbocycles. The minimum atomic E-state index is -0.933. The highest BCUT2D eigenvalue weighted by atomic mass is 16.7. The molecule has 0 unspecified atom stereocenters. The first-order valence-corrected chi connectivity index (χ1v) is 11.9. The van der Waals surface area contributed by atoms with Gasteiger partial charge in [-0.2, -0.15) is 0 Å². The van der Waals surface area contributed by atoms with Gasteiger partial charge in [0.05, 0.1) is 30.8 Å². The Bertz CT molecular complexity index is 445. The first kappa shape index (κ1) is 27.3. The molecule has 1 heterocycles. The van der Waals surface area contributed by atoms with Gasteiger partial charge in [0.2, 0.25) is 0 Å². The Morgan fingerprint density at radius 3 is 1.97 bits per heavy atom. The van der Waals surface area contributed by atoms with E-state index in [1.54, 1.807) is 6.92 Å². The van der Waals surface area contributed by atoms with Crippen molar-refractivity contribution in [1.82, 2.24) is 0 Å². The summed E-state index contributed by atoms with van der Waals surface area (Å²) in [6, 6.07) is 0. The van der Waals surface area contributed by atoms with E-state index in [4.69, 9.17) is 14.6 Å². The number of carboxylic acids is 1. The number of unbranched alkanes of at least 4 members (excludes halogenated alkanes) is 9. The molecular weight excluding hydrogens is 388 g/mol. The lowest BCUT2D eigenvalue weighted by atomic mass is 10.0. The summed E-state index contributed by atoms with van der Waals surface area (Å²) < 4.78 is 11.4. The largest absolute Gasteiger partial charge is 0.481 e. The fraction of sp³-hybridized carbons (Fsp3) is 0.957. The Labute approximate surface area is 181 Å². The van der Waals surface area contributed by atoms with E-state index < -0.39 is 30.6 Å². The first-order valence-electron chi connectivity index (χ1n) is 11.9. The molecule has 0 aromatic heterocycles. The van der Waals surface area contributed by atoms with E-state index in [-0.39, 0.29) is 18.6 Å². The predicted octanol–water partition coefficient (Wildman–Crippen LogP) is 3.77. The molecule has 7 heteroatoms. The number of hydrogen-bond acceptors (Lipinski definition) is 6. The number of hydrogen-bond donors (Lipinski definition) is 4. The zero-order valence-corrected chi connectivity index (χ0v) is 18.9. The van der Waals surface area contributed by atoms with Crippen LogP contribution in [-0.2, 0) is 14.3 Å². The molecule has 1 rings (SSSR count). The molecule has 0 spiro atoms. The maximum absolute atomic E-state index is 10.5. The fourth-order valence-electron chi connectivity index (χ4n) is 3.89. The van der Waals surface area contributed by atoms with Crippen LogP contribution in [0.25, 0.3) is 0 Å². The van der Waals surface area contributed by atoms with Crippen LogP contribution < -0.4 is 0 Å². The van der Waals surface area contributed by atoms with Crippen LogP contribution in [-0.4, -0.2) is 63.2 Å². The van der Waals surface area contributed by atoms with E-state index in [9.17, 15) is 20.1 Å². The molecule has 0 radical (unpaired) electrons. The second-order valence-electron chi connectivity index (χ2n) is 8.89. The second-order valence-corrected chi connectivity index (χ2v) is 8.89. The molecule has 0 bridgehead atoms. The molecule has 0 aliphatic carbocycles. The Hall–Kier alpha value is -0.730. The first-order chi connectivity index (χ1) is 14.3. The lowest BCUT2D eigenvalue weighted by Crippen LogP contribution is -2.48. The van der Waals surface area contributed by atoms with Gasteiger partial charge >= 0.3 is 5.97 Å². The fourth-order valence-corrected chi connectivity index (χ4v) is 3.89. The van der Waals surface area contributed by atoms with Crippen LogP contribution in [0.3, 0.4) is 0 Å². The molecule has 4 N–H and O–H groups in total. The average molecular weight is 433 g/mol. The summed E-state index contributed by atoms with van der Waals surface area (Å²) in [4.78, 5) is 10.5. The van der Waals surface area contributed by atoms with Crippen LogP contribution in [0.4, 0.5) is 0 Å². The smallest absolute Gasteiger partial charge is 0.305 e. The Balaban J connectivity index is 1.88. The highest BCUT2D eigenvalue weighted by molar-refractivity contribution is 5.67. The molecule has 1 aliphatic rings. The van der Waals surface area contributed by atoms with Gasteiger partial charge < -0.3 is 29.9 Å². The summed E-state index contributed by atoms with van der Waals surface area (Å²) in [6.07, 6.45) is 10.2. The van der Waals surface area contributed by atoms with Crippen LogP contribution in [0.2, 0.25) is 0 Å². The van der Waals surface area contributed by atoms with E-state index in [0.717, 1.165) is 32.1 Å². The molecule has 1 saturated heterocycles. The van der Waals surface area contributed by atoms with Crippen molar-refractivity contribution in [1.29, 1.82) is 0 Å². The number of carboxylic acid groups (broad SMARTS) is 1. The van der Waals surface area contributed by atoms with E-state index in [2.05, 4.69) is 0 Å². The van der Waals surface area contributed by atoms with Crippen molar-refractivity contribution in [3.05, 3.63) is 0 Å². The Kier molecular flexibility index (Phi) is 14.5. The summed E-state index contributed by atoms with van der Waals surface area (Å²) in [5.41, 5.74) is 0. The number of carbonyl (C=O) groups is 1. The Morgan fingerprint density at radius 2 is 1.43 bits per heavy atom. The van der Waals surface area contributed by atoms with E-state index >= 15 is 0 Å². The standard InChI is InChI=1S/C23H44O7/c1-17(29-23-21(26)16-20(25)18(2)30-23)13-11-9-7-5-3-4-6-8-10-12-14-19(24)15-22(27)28/h17-21,23-26H,3-16H2,1-2H3,(H,27,28)/t17-,18+,19-,20-,21-,23-/m1/s1. The number of aliphatic carboxylic acids is 1. The van der Waals surface area contributed by atoms with Crippen molar-refractivity contribution >= 4 is 5.97 Å². The number of rotatable bonds is 17. The zero-order valence-electron chi connectivity index (χ0n) is 18.9. The minimum Gasteiger partial charge on any atom is -0.481 e. The van der Waals surface area contributed by atoms with Gasteiger partial charge in [-0.1, -0.05) is 64.2 Å². The molecule has 1 aliphatic heterocycles. The maximum atomic E-state index is 10.5. The quantitative estimate of drug-likeness (QED) is 0.259. The van der Waals surface area contributed by atoms with Crippen LogP contribution in [0.5, 0.6) is 0 Å². The van der Waals surface area contributed by atoms with Gasteiger partial charge in [-0.15, -0.1) is 0 Å². The predicted molar refractivity (Wildman–Crippen MR) is 115 cm³/mol. The van der Waals surface area contributed by atoms with Gasteiger partial charge in [-0.3, -0.25) is 4.79 Å². The molecule has 178 valence electrons. The molecule has 6 atom stereocenters. The number of ether oxygens (including phenoxy) is 2. The lowest BCUT2D eigenvalue weighted by molar-refractivity contribution is -0.273. The van der Waals surface area contributed by atoms with Crippen molar-refractivity contribution in [2.24, 2.45) is 0 Å². The van der Waals surface area contributed by atoms with Gasteiger partial charge in [-0.25, -0.2) is 0 Å². The van der Waals surface area contributed by atoms with Crippen molar-refractivity contribution in [3.8, 4) is 0 Å². The minimum absolute atomic E-state index is 0.0288. The highest BCUT2D eigenvalue weighted by Gasteiger charge is 2.35. The van der Waals surface area contributed by atoms with Crippen LogP contribution in [0, 0.1) is 0 Å². The average Bonchev–Trinajstić information content (AvgIpc) is 2.66. The molecule has 30 heavy (non-hydrogen) atoms. The van der Waals surface area contributed by atoms with Gasteiger partial charge in [-0.05, 0) is 26.7 Å². The third kappa shape index (κ3) is 12.8. The van der Waals surface area contributed by atoms with Gasteiger partial charge in [0.1, 0.15) is 6.10 Å². The third-order valence-corrected chi connectivity index (χ3v) is 5.86. The molecule has 0 amide bonds. The van der Waals surface area contributed by atoms with Crippen LogP contribution >= 0.6 is 0 Å². The second kappa shape index (κ2) is 16.0. The number of aliphatic hydroxyl groups excluding tert-OH is 3. The van der Waals surface area contributed by atoms with Gasteiger partial charge in [0, 0.05) is 6.42 Å². The summed E-state index contributed by atoms with van der Waals surface area (Å²) >= 11 is 0. The zero-order chi connectivity index (χ0) is 22.4. The summed E-state index contributed by atoms with van der Waals surface area (Å²) in [5.74, 6) is -0.933. The third-order valence-electron chi connectivity index (χ3n) is 5.86. The van der Waals surface area contributed by atoms with E-state index in [1.165, 1.54) is 38.5 Å². The normalized spacial score (nSPS) is 26.4. The molecular formula is C23H44O7. The molecule has 7 nitrogen and oxygen atoms in total. The summed E-state index contributed by atoms with van der Waals surface area (Å²) in [7, 11) is 0. The maximum Gasteiger partial charge on any atom is 0.305 e. The van der Waals surface area contributed by atoms with Gasteiger partial charge in [0.25, 0.3) is 0 Å². The van der Waals surface area contributed by atoms with Gasteiger partial charge in [0.15, 0.2) is 6.29 Å². The SMILES string of the molecule is C[C@H](CCCCCCCCCCCC[C@@H](O)CC(=O)O)O[C@@H]1O[C@@H](C)[C@H](O)C[C@H]1O. The van der Waals surface area contributed by atoms with Crippen molar-refractivity contribution in [2.75, 3.05) is 0 Å². The van der Waals surface area contributed by atoms with Crippen LogP contribution in [0.15, 0.2) is 0 Å². The Morgan fingerprint density at radius 1 is 0.933 bits per heavy atom. The van der Waals surface area contributed by atoms with E-state index in [0.29, 0.717) is 12.8 Å². The van der Waals surface area contributed by atoms with E-state index in [1.807, 2.05) is 6.92 Å². The molecule has 1 fully saturated rings. The lowest BCUT2D eigenvalue weighted by Gasteiger charge is -2.36.